The molecule has 1 fully saturated rings. The van der Waals surface area contributed by atoms with E-state index in [1.54, 1.807) is 6.26 Å². The molecule has 1 aliphatic heterocycles. The van der Waals surface area contributed by atoms with Crippen molar-refractivity contribution in [2.75, 3.05) is 0 Å². The van der Waals surface area contributed by atoms with Crippen molar-refractivity contribution in [3.05, 3.63) is 12.3 Å². The maximum atomic E-state index is 10.2. The van der Waals surface area contributed by atoms with Crippen LogP contribution in [-0.2, 0) is 9.53 Å². The fourth-order valence-corrected chi connectivity index (χ4v) is 1.08. The molecular formula is C6H6O2. The van der Waals surface area contributed by atoms with Crippen molar-refractivity contribution < 1.29 is 9.53 Å². The van der Waals surface area contributed by atoms with E-state index in [4.69, 9.17) is 4.74 Å². The molecule has 0 aromatic heterocycles. The van der Waals surface area contributed by atoms with E-state index in [9.17, 15) is 4.79 Å². The Morgan fingerprint density at radius 2 is 2.75 bits per heavy atom. The van der Waals surface area contributed by atoms with E-state index < -0.39 is 0 Å². The lowest BCUT2D eigenvalue weighted by Crippen LogP contribution is -2.11. The second-order valence-electron chi connectivity index (χ2n) is 2.33. The lowest BCUT2D eigenvalue weighted by atomic mass is 10.3. The Labute approximate surface area is 47.1 Å². The SMILES string of the molecule is O=CC12CC1C=CO2. The first kappa shape index (κ1) is 4.13. The molecule has 0 amide bonds. The predicted octanol–water partition coefficient (Wildman–Crippen LogP) is 0.488. The van der Waals surface area contributed by atoms with Crippen LogP contribution in [-0.4, -0.2) is 11.9 Å². The molecule has 1 saturated carbocycles. The van der Waals surface area contributed by atoms with Crippen LogP contribution in [0.2, 0.25) is 0 Å². The summed E-state index contributed by atoms with van der Waals surface area (Å²) in [5.41, 5.74) is -0.389. The van der Waals surface area contributed by atoms with Crippen molar-refractivity contribution in [3.63, 3.8) is 0 Å². The van der Waals surface area contributed by atoms with Crippen molar-refractivity contribution in [1.82, 2.24) is 0 Å². The molecule has 42 valence electrons. The number of fused-ring (bicyclic) bond motifs is 1. The molecule has 0 N–H and O–H groups in total. The number of ether oxygens (including phenoxy) is 1. The Morgan fingerprint density at radius 1 is 1.88 bits per heavy atom. The average Bonchev–Trinajstić information content (AvgIpc) is 2.38. The van der Waals surface area contributed by atoms with Crippen molar-refractivity contribution in [2.24, 2.45) is 5.92 Å². The van der Waals surface area contributed by atoms with Crippen LogP contribution < -0.4 is 0 Å². The van der Waals surface area contributed by atoms with Gasteiger partial charge in [-0.15, -0.1) is 0 Å². The molecule has 2 rings (SSSR count). The predicted molar refractivity (Wildman–Crippen MR) is 27.1 cm³/mol. The van der Waals surface area contributed by atoms with Gasteiger partial charge in [0.05, 0.1) is 6.26 Å². The molecule has 0 aromatic rings. The molecule has 0 aromatic carbocycles. The van der Waals surface area contributed by atoms with Gasteiger partial charge < -0.3 is 4.74 Å². The minimum atomic E-state index is -0.389. The summed E-state index contributed by atoms with van der Waals surface area (Å²) >= 11 is 0. The maximum Gasteiger partial charge on any atom is 0.170 e. The summed E-state index contributed by atoms with van der Waals surface area (Å²) in [5, 5.41) is 0. The highest BCUT2D eigenvalue weighted by Gasteiger charge is 2.58. The van der Waals surface area contributed by atoms with E-state index in [1.165, 1.54) is 0 Å². The molecule has 0 spiro atoms. The van der Waals surface area contributed by atoms with Crippen molar-refractivity contribution in [3.8, 4) is 0 Å². The Balaban J connectivity index is 2.26. The van der Waals surface area contributed by atoms with Gasteiger partial charge in [0.25, 0.3) is 0 Å². The molecule has 2 atom stereocenters. The van der Waals surface area contributed by atoms with Crippen LogP contribution in [0.3, 0.4) is 0 Å². The van der Waals surface area contributed by atoms with E-state index in [-0.39, 0.29) is 5.60 Å². The largest absolute Gasteiger partial charge is 0.487 e. The first-order valence-corrected chi connectivity index (χ1v) is 2.68. The van der Waals surface area contributed by atoms with Gasteiger partial charge in [-0.1, -0.05) is 0 Å². The number of carbonyl (C=O) groups excluding carboxylic acids is 1. The molecule has 2 heteroatoms. The van der Waals surface area contributed by atoms with Crippen molar-refractivity contribution in [2.45, 2.75) is 12.0 Å². The molecule has 2 nitrogen and oxygen atoms in total. The summed E-state index contributed by atoms with van der Waals surface area (Å²) in [6.45, 7) is 0. The second-order valence-corrected chi connectivity index (χ2v) is 2.33. The van der Waals surface area contributed by atoms with Gasteiger partial charge in [0, 0.05) is 12.3 Å². The van der Waals surface area contributed by atoms with Gasteiger partial charge in [-0.25, -0.2) is 0 Å². The fraction of sp³-hybridized carbons (Fsp3) is 0.500. The minimum absolute atomic E-state index is 0.389. The third-order valence-electron chi connectivity index (χ3n) is 1.80. The fourth-order valence-electron chi connectivity index (χ4n) is 1.08. The molecular weight excluding hydrogens is 104 g/mol. The van der Waals surface area contributed by atoms with Crippen molar-refractivity contribution >= 4 is 6.29 Å². The maximum absolute atomic E-state index is 10.2. The average molecular weight is 110 g/mol. The van der Waals surface area contributed by atoms with Crippen LogP contribution in [0.15, 0.2) is 12.3 Å². The van der Waals surface area contributed by atoms with Gasteiger partial charge in [0.15, 0.2) is 11.9 Å². The molecule has 0 bridgehead atoms. The summed E-state index contributed by atoms with van der Waals surface area (Å²) in [7, 11) is 0. The van der Waals surface area contributed by atoms with Crippen molar-refractivity contribution in [1.29, 1.82) is 0 Å². The van der Waals surface area contributed by atoms with Crippen LogP contribution in [0.25, 0.3) is 0 Å². The van der Waals surface area contributed by atoms with E-state index in [2.05, 4.69) is 0 Å². The highest BCUT2D eigenvalue weighted by atomic mass is 16.5. The third kappa shape index (κ3) is 0.278. The lowest BCUT2D eigenvalue weighted by Gasteiger charge is -2.00. The molecule has 2 aliphatic rings. The van der Waals surface area contributed by atoms with Gasteiger partial charge >= 0.3 is 0 Å². The molecule has 8 heavy (non-hydrogen) atoms. The van der Waals surface area contributed by atoms with E-state index in [0.29, 0.717) is 5.92 Å². The zero-order chi connectivity index (χ0) is 5.61. The summed E-state index contributed by atoms with van der Waals surface area (Å²) in [6.07, 6.45) is 5.35. The van der Waals surface area contributed by atoms with Crippen LogP contribution in [0.4, 0.5) is 0 Å². The molecule has 0 saturated heterocycles. The first-order valence-electron chi connectivity index (χ1n) is 2.68. The quantitative estimate of drug-likeness (QED) is 0.459. The summed E-state index contributed by atoms with van der Waals surface area (Å²) in [5.74, 6) is 0.403. The lowest BCUT2D eigenvalue weighted by molar-refractivity contribution is -0.116. The van der Waals surface area contributed by atoms with E-state index in [1.807, 2.05) is 6.08 Å². The highest BCUT2D eigenvalue weighted by molar-refractivity contribution is 5.70. The number of hydrogen-bond donors (Lipinski definition) is 0. The Kier molecular flexibility index (Phi) is 0.498. The molecule has 1 heterocycles. The van der Waals surface area contributed by atoms with Gasteiger partial charge in [-0.3, -0.25) is 4.79 Å². The Bertz CT molecular complexity index is 162. The Hall–Kier alpha value is -0.790. The van der Waals surface area contributed by atoms with Crippen LogP contribution >= 0.6 is 0 Å². The smallest absolute Gasteiger partial charge is 0.170 e. The monoisotopic (exact) mass is 110 g/mol. The standard InChI is InChI=1S/C6H6O2/c7-4-6-3-5(6)1-2-8-6/h1-2,4-5H,3H2. The number of hydrogen-bond acceptors (Lipinski definition) is 2. The molecule has 0 radical (unpaired) electrons. The van der Waals surface area contributed by atoms with E-state index >= 15 is 0 Å². The van der Waals surface area contributed by atoms with Gasteiger partial charge in [0.1, 0.15) is 0 Å². The van der Waals surface area contributed by atoms with Crippen LogP contribution in [0, 0.1) is 5.92 Å². The molecule has 2 unspecified atom stereocenters. The third-order valence-corrected chi connectivity index (χ3v) is 1.80. The van der Waals surface area contributed by atoms with Crippen LogP contribution in [0.1, 0.15) is 6.42 Å². The Morgan fingerprint density at radius 3 is 3.00 bits per heavy atom. The van der Waals surface area contributed by atoms with Gasteiger partial charge in [-0.2, -0.15) is 0 Å². The number of rotatable bonds is 1. The molecule has 1 aliphatic carbocycles. The second kappa shape index (κ2) is 0.966. The summed E-state index contributed by atoms with van der Waals surface area (Å²) < 4.78 is 5.02. The van der Waals surface area contributed by atoms with Gasteiger partial charge in [0.2, 0.25) is 0 Å². The zero-order valence-corrected chi connectivity index (χ0v) is 4.33. The van der Waals surface area contributed by atoms with E-state index in [0.717, 1.165) is 12.7 Å². The zero-order valence-electron chi connectivity index (χ0n) is 4.33. The topological polar surface area (TPSA) is 26.3 Å². The summed E-state index contributed by atoms with van der Waals surface area (Å²) in [6, 6.07) is 0. The number of aldehydes is 1. The highest BCUT2D eigenvalue weighted by Crippen LogP contribution is 2.50. The summed E-state index contributed by atoms with van der Waals surface area (Å²) in [4.78, 5) is 10.2. The minimum Gasteiger partial charge on any atom is -0.487 e. The first-order chi connectivity index (χ1) is 3.87. The van der Waals surface area contributed by atoms with Crippen LogP contribution in [0.5, 0.6) is 0 Å². The number of carbonyl (C=O) groups is 1. The normalized spacial score (nSPS) is 47.8. The van der Waals surface area contributed by atoms with Gasteiger partial charge in [-0.05, 0) is 6.08 Å².